The molecule has 0 aliphatic rings. The molecule has 2 aromatic carbocycles. The van der Waals surface area contributed by atoms with Crippen molar-refractivity contribution >= 4 is 5.97 Å². The summed E-state index contributed by atoms with van der Waals surface area (Å²) in [6.45, 7) is 5.31. The van der Waals surface area contributed by atoms with Gasteiger partial charge in [-0.2, -0.15) is 0 Å². The van der Waals surface area contributed by atoms with E-state index in [2.05, 4.69) is 66.9 Å². The number of hydrogen-bond acceptors (Lipinski definition) is 1. The maximum Gasteiger partial charge on any atom is 0.303 e. The van der Waals surface area contributed by atoms with E-state index < -0.39 is 5.97 Å². The first-order chi connectivity index (χ1) is 13.6. The number of aliphatic carboxylic acids is 1. The number of carboxylic acids is 1. The molecule has 0 unspecified atom stereocenters. The van der Waals surface area contributed by atoms with Gasteiger partial charge < -0.3 is 9.67 Å². The topological polar surface area (TPSA) is 42.2 Å². The highest BCUT2D eigenvalue weighted by atomic mass is 16.4. The van der Waals surface area contributed by atoms with Crippen molar-refractivity contribution in [3.05, 3.63) is 72.1 Å². The van der Waals surface area contributed by atoms with Crippen LogP contribution in [-0.4, -0.2) is 15.6 Å². The fourth-order valence-corrected chi connectivity index (χ4v) is 3.98. The third-order valence-corrected chi connectivity index (χ3v) is 5.32. The maximum absolute atomic E-state index is 11.3. The zero-order valence-corrected chi connectivity index (χ0v) is 16.8. The number of benzene rings is 2. The SMILES string of the molecule is CCCCCn1c(C)c(-c2ccccc2)c(-c2ccccc2)c1CCC(=O)O. The molecule has 3 heteroatoms. The van der Waals surface area contributed by atoms with Crippen LogP contribution in [0.15, 0.2) is 60.7 Å². The van der Waals surface area contributed by atoms with Gasteiger partial charge in [0, 0.05) is 29.1 Å². The second-order valence-corrected chi connectivity index (χ2v) is 7.27. The van der Waals surface area contributed by atoms with Gasteiger partial charge in [0.05, 0.1) is 6.42 Å². The molecule has 28 heavy (non-hydrogen) atoms. The predicted molar refractivity (Wildman–Crippen MR) is 116 cm³/mol. The largest absolute Gasteiger partial charge is 0.481 e. The molecular formula is C25H29NO2. The molecular weight excluding hydrogens is 346 g/mol. The fourth-order valence-electron chi connectivity index (χ4n) is 3.98. The highest BCUT2D eigenvalue weighted by Gasteiger charge is 2.22. The molecule has 0 aliphatic heterocycles. The first kappa shape index (κ1) is 19.9. The van der Waals surface area contributed by atoms with E-state index in [-0.39, 0.29) is 6.42 Å². The van der Waals surface area contributed by atoms with E-state index in [4.69, 9.17) is 0 Å². The first-order valence-corrected chi connectivity index (χ1v) is 10.2. The van der Waals surface area contributed by atoms with Gasteiger partial charge in [-0.15, -0.1) is 0 Å². The average Bonchev–Trinajstić information content (AvgIpc) is 2.99. The molecule has 0 saturated carbocycles. The minimum absolute atomic E-state index is 0.144. The lowest BCUT2D eigenvalue weighted by molar-refractivity contribution is -0.136. The number of unbranched alkanes of at least 4 members (excludes halogenated alkanes) is 2. The lowest BCUT2D eigenvalue weighted by atomic mass is 9.94. The van der Waals surface area contributed by atoms with Crippen LogP contribution in [0.25, 0.3) is 22.3 Å². The third-order valence-electron chi connectivity index (χ3n) is 5.32. The number of rotatable bonds is 9. The van der Waals surface area contributed by atoms with E-state index in [0.717, 1.165) is 24.2 Å². The third kappa shape index (κ3) is 4.36. The summed E-state index contributed by atoms with van der Waals surface area (Å²) >= 11 is 0. The summed E-state index contributed by atoms with van der Waals surface area (Å²) in [7, 11) is 0. The zero-order chi connectivity index (χ0) is 19.9. The molecule has 0 fully saturated rings. The Bertz CT molecular complexity index is 911. The summed E-state index contributed by atoms with van der Waals surface area (Å²) in [6, 6.07) is 20.8. The molecule has 0 radical (unpaired) electrons. The highest BCUT2D eigenvalue weighted by molar-refractivity contribution is 5.88. The summed E-state index contributed by atoms with van der Waals surface area (Å²) < 4.78 is 2.36. The van der Waals surface area contributed by atoms with Crippen LogP contribution in [0.3, 0.4) is 0 Å². The summed E-state index contributed by atoms with van der Waals surface area (Å²) in [6.07, 6.45) is 4.14. The number of hydrogen-bond donors (Lipinski definition) is 1. The Kier molecular flexibility index (Phi) is 6.70. The lowest BCUT2D eigenvalue weighted by Crippen LogP contribution is -2.08. The minimum atomic E-state index is -0.751. The summed E-state index contributed by atoms with van der Waals surface area (Å²) in [4.78, 5) is 11.3. The first-order valence-electron chi connectivity index (χ1n) is 10.2. The molecule has 1 heterocycles. The van der Waals surface area contributed by atoms with Gasteiger partial charge in [-0.1, -0.05) is 80.4 Å². The van der Waals surface area contributed by atoms with Crippen LogP contribution in [0.1, 0.15) is 44.0 Å². The van der Waals surface area contributed by atoms with Crippen molar-refractivity contribution < 1.29 is 9.90 Å². The van der Waals surface area contributed by atoms with Crippen molar-refractivity contribution in [1.29, 1.82) is 0 Å². The molecule has 0 bridgehead atoms. The molecule has 0 amide bonds. The van der Waals surface area contributed by atoms with Gasteiger partial charge in [-0.25, -0.2) is 0 Å². The fraction of sp³-hybridized carbons (Fsp3) is 0.320. The van der Waals surface area contributed by atoms with Crippen LogP contribution >= 0.6 is 0 Å². The van der Waals surface area contributed by atoms with Gasteiger partial charge in [0.2, 0.25) is 0 Å². The molecule has 3 rings (SSSR count). The van der Waals surface area contributed by atoms with Crippen molar-refractivity contribution in [2.75, 3.05) is 0 Å². The van der Waals surface area contributed by atoms with Crippen LogP contribution in [0.4, 0.5) is 0 Å². The highest BCUT2D eigenvalue weighted by Crippen LogP contribution is 2.40. The quantitative estimate of drug-likeness (QED) is 0.444. The van der Waals surface area contributed by atoms with E-state index in [1.54, 1.807) is 0 Å². The monoisotopic (exact) mass is 375 g/mol. The second kappa shape index (κ2) is 9.41. The molecule has 0 saturated heterocycles. The van der Waals surface area contributed by atoms with Gasteiger partial charge in [0.1, 0.15) is 0 Å². The number of carbonyl (C=O) groups is 1. The smallest absolute Gasteiger partial charge is 0.303 e. The number of aromatic nitrogens is 1. The normalized spacial score (nSPS) is 10.9. The average molecular weight is 376 g/mol. The Morgan fingerprint density at radius 2 is 1.46 bits per heavy atom. The molecule has 3 nitrogen and oxygen atoms in total. The second-order valence-electron chi connectivity index (χ2n) is 7.27. The van der Waals surface area contributed by atoms with Crippen molar-refractivity contribution in [3.63, 3.8) is 0 Å². The molecule has 0 spiro atoms. The molecule has 146 valence electrons. The Labute approximate surface area is 167 Å². The van der Waals surface area contributed by atoms with Gasteiger partial charge in [-0.05, 0) is 30.9 Å². The Morgan fingerprint density at radius 1 is 0.893 bits per heavy atom. The standard InChI is InChI=1S/C25H29NO2/c1-3-4-11-18-26-19(2)24(20-12-7-5-8-13-20)25(21-14-9-6-10-15-21)22(26)16-17-23(27)28/h5-10,12-15H,3-4,11,16-18H2,1-2H3,(H,27,28). The van der Waals surface area contributed by atoms with Gasteiger partial charge in [0.25, 0.3) is 0 Å². The van der Waals surface area contributed by atoms with E-state index in [9.17, 15) is 9.90 Å². The number of carboxylic acid groups (broad SMARTS) is 1. The van der Waals surface area contributed by atoms with Crippen LogP contribution in [0.5, 0.6) is 0 Å². The maximum atomic E-state index is 11.3. The Balaban J connectivity index is 2.22. The predicted octanol–water partition coefficient (Wildman–Crippen LogP) is 6.34. The van der Waals surface area contributed by atoms with Crippen molar-refractivity contribution in [3.8, 4) is 22.3 Å². The summed E-state index contributed by atoms with van der Waals surface area (Å²) in [5, 5.41) is 9.33. The minimum Gasteiger partial charge on any atom is -0.481 e. The van der Waals surface area contributed by atoms with Crippen LogP contribution in [0.2, 0.25) is 0 Å². The van der Waals surface area contributed by atoms with Crippen LogP contribution in [0, 0.1) is 6.92 Å². The van der Waals surface area contributed by atoms with Crippen molar-refractivity contribution in [2.24, 2.45) is 0 Å². The van der Waals surface area contributed by atoms with Crippen LogP contribution in [-0.2, 0) is 17.8 Å². The molecule has 1 aromatic heterocycles. The lowest BCUT2D eigenvalue weighted by Gasteiger charge is -2.12. The molecule has 0 aliphatic carbocycles. The van der Waals surface area contributed by atoms with E-state index >= 15 is 0 Å². The van der Waals surface area contributed by atoms with Crippen LogP contribution < -0.4 is 0 Å². The summed E-state index contributed by atoms with van der Waals surface area (Å²) in [5.41, 5.74) is 7.11. The summed E-state index contributed by atoms with van der Waals surface area (Å²) in [5.74, 6) is -0.751. The van der Waals surface area contributed by atoms with Crippen molar-refractivity contribution in [1.82, 2.24) is 4.57 Å². The zero-order valence-electron chi connectivity index (χ0n) is 16.8. The number of nitrogens with zero attached hydrogens (tertiary/aromatic N) is 1. The molecule has 0 atom stereocenters. The van der Waals surface area contributed by atoms with Gasteiger partial charge >= 0.3 is 5.97 Å². The Hall–Kier alpha value is -2.81. The van der Waals surface area contributed by atoms with Gasteiger partial charge in [0.15, 0.2) is 0 Å². The van der Waals surface area contributed by atoms with E-state index in [0.29, 0.717) is 6.42 Å². The Morgan fingerprint density at radius 3 is 2.00 bits per heavy atom. The van der Waals surface area contributed by atoms with E-state index in [1.807, 2.05) is 12.1 Å². The van der Waals surface area contributed by atoms with E-state index in [1.165, 1.54) is 35.2 Å². The van der Waals surface area contributed by atoms with Crippen molar-refractivity contribution in [2.45, 2.75) is 52.5 Å². The molecule has 3 aromatic rings. The molecule has 1 N–H and O–H groups in total. The van der Waals surface area contributed by atoms with Gasteiger partial charge in [-0.3, -0.25) is 4.79 Å².